The molecule has 0 amide bonds. The fourth-order valence-corrected chi connectivity index (χ4v) is 3.12. The van der Waals surface area contributed by atoms with Gasteiger partial charge in [0.15, 0.2) is 5.60 Å². The highest BCUT2D eigenvalue weighted by atomic mass is 19.3. The van der Waals surface area contributed by atoms with E-state index in [2.05, 4.69) is 10.1 Å². The molecule has 2 rings (SSSR count). The molecule has 0 saturated heterocycles. The molecule has 0 aliphatic carbocycles. The van der Waals surface area contributed by atoms with E-state index in [1.807, 2.05) is 0 Å². The van der Waals surface area contributed by atoms with Crippen molar-refractivity contribution in [3.05, 3.63) is 48.1 Å². The first kappa shape index (κ1) is 23.2. The van der Waals surface area contributed by atoms with E-state index in [1.165, 1.54) is 27.7 Å². The minimum atomic E-state index is -4.45. The fourth-order valence-electron chi connectivity index (χ4n) is 3.12. The monoisotopic (exact) mass is 419 g/mol. The van der Waals surface area contributed by atoms with Crippen molar-refractivity contribution in [3.63, 3.8) is 0 Å². The molecular weight excluding hydrogens is 394 g/mol. The van der Waals surface area contributed by atoms with Crippen molar-refractivity contribution in [3.8, 4) is 0 Å². The van der Waals surface area contributed by atoms with Crippen LogP contribution in [-0.4, -0.2) is 47.2 Å². The van der Waals surface area contributed by atoms with Gasteiger partial charge in [-0.15, -0.1) is 0 Å². The molecule has 1 aromatic heterocycles. The van der Waals surface area contributed by atoms with Gasteiger partial charge in [-0.05, 0) is 32.9 Å². The largest absolute Gasteiger partial charge is 0.390 e. The summed E-state index contributed by atoms with van der Waals surface area (Å²) in [5.41, 5.74) is -11.1. The SMILES string of the molecule is CC(C)(O)C(C)(C)C(C)(O)C(F)(F)C(O)(Cn1cncn1)c1ccc(F)cc1F. The standard InChI is InChI=1S/C19H25F4N3O3/c1-15(2,16(3,4)27)17(5,28)19(22,23)18(29,9-26-11-24-10-25-26)13-7-6-12(20)8-14(13)21/h6-8,10-11,27-29H,9H2,1-5H3. The zero-order valence-electron chi connectivity index (χ0n) is 16.8. The number of hydrogen-bond acceptors (Lipinski definition) is 5. The van der Waals surface area contributed by atoms with Crippen molar-refractivity contribution < 1.29 is 32.9 Å². The number of alkyl halides is 2. The van der Waals surface area contributed by atoms with Crippen LogP contribution in [0.3, 0.4) is 0 Å². The Bertz CT molecular complexity index is 864. The Morgan fingerprint density at radius 3 is 2.03 bits per heavy atom. The molecule has 0 aliphatic rings. The lowest BCUT2D eigenvalue weighted by Crippen LogP contribution is -2.70. The molecule has 0 bridgehead atoms. The molecule has 2 unspecified atom stereocenters. The molecule has 0 aliphatic heterocycles. The predicted molar refractivity (Wildman–Crippen MR) is 95.9 cm³/mol. The summed E-state index contributed by atoms with van der Waals surface area (Å²) in [6, 6.07) is 1.76. The van der Waals surface area contributed by atoms with Gasteiger partial charge in [0.05, 0.1) is 12.1 Å². The van der Waals surface area contributed by atoms with Crippen molar-refractivity contribution in [2.24, 2.45) is 5.41 Å². The first-order valence-electron chi connectivity index (χ1n) is 8.82. The van der Waals surface area contributed by atoms with Crippen LogP contribution in [0, 0.1) is 17.0 Å². The summed E-state index contributed by atoms with van der Waals surface area (Å²) >= 11 is 0. The molecule has 6 nitrogen and oxygen atoms in total. The molecule has 162 valence electrons. The van der Waals surface area contributed by atoms with Gasteiger partial charge in [-0.1, -0.05) is 13.8 Å². The maximum absolute atomic E-state index is 15.9. The van der Waals surface area contributed by atoms with Crippen molar-refractivity contribution >= 4 is 0 Å². The van der Waals surface area contributed by atoms with Crippen molar-refractivity contribution in [1.29, 1.82) is 0 Å². The Kier molecular flexibility index (Phi) is 5.63. The smallest absolute Gasteiger partial charge is 0.310 e. The topological polar surface area (TPSA) is 91.4 Å². The Hall–Kier alpha value is -2.04. The van der Waals surface area contributed by atoms with Crippen LogP contribution >= 0.6 is 0 Å². The van der Waals surface area contributed by atoms with Crippen molar-refractivity contribution in [2.75, 3.05) is 0 Å². The summed E-state index contributed by atoms with van der Waals surface area (Å²) in [6.07, 6.45) is 2.05. The summed E-state index contributed by atoms with van der Waals surface area (Å²) in [4.78, 5) is 3.61. The van der Waals surface area contributed by atoms with E-state index in [0.29, 0.717) is 12.1 Å². The van der Waals surface area contributed by atoms with Crippen molar-refractivity contribution in [2.45, 2.75) is 63.9 Å². The summed E-state index contributed by atoms with van der Waals surface area (Å²) in [5.74, 6) is -6.90. The second-order valence-electron chi connectivity index (χ2n) is 8.41. The third-order valence-corrected chi connectivity index (χ3v) is 6.11. The average molecular weight is 419 g/mol. The number of benzene rings is 1. The summed E-state index contributed by atoms with van der Waals surface area (Å²) in [6.45, 7) is 4.59. The molecular formula is C19H25F4N3O3. The number of nitrogens with zero attached hydrogens (tertiary/aromatic N) is 3. The number of aromatic nitrogens is 3. The van der Waals surface area contributed by atoms with Crippen LogP contribution in [0.25, 0.3) is 0 Å². The van der Waals surface area contributed by atoms with E-state index in [0.717, 1.165) is 30.3 Å². The zero-order chi connectivity index (χ0) is 22.5. The van der Waals surface area contributed by atoms with E-state index in [4.69, 9.17) is 0 Å². The van der Waals surface area contributed by atoms with Gasteiger partial charge in [-0.3, -0.25) is 0 Å². The quantitative estimate of drug-likeness (QED) is 0.601. The average Bonchev–Trinajstić information content (AvgIpc) is 3.05. The summed E-state index contributed by atoms with van der Waals surface area (Å²) in [7, 11) is 0. The Morgan fingerprint density at radius 1 is 1.00 bits per heavy atom. The maximum Gasteiger partial charge on any atom is 0.310 e. The molecule has 2 atom stereocenters. The van der Waals surface area contributed by atoms with Gasteiger partial charge < -0.3 is 15.3 Å². The van der Waals surface area contributed by atoms with Crippen LogP contribution < -0.4 is 0 Å². The highest BCUT2D eigenvalue weighted by molar-refractivity contribution is 5.30. The van der Waals surface area contributed by atoms with Crippen molar-refractivity contribution in [1.82, 2.24) is 14.8 Å². The molecule has 0 spiro atoms. The van der Waals surface area contributed by atoms with Gasteiger partial charge in [-0.25, -0.2) is 18.4 Å². The molecule has 3 N–H and O–H groups in total. The Labute approximate surface area is 165 Å². The van der Waals surface area contributed by atoms with Gasteiger partial charge >= 0.3 is 5.92 Å². The van der Waals surface area contributed by atoms with Crippen LogP contribution in [0.5, 0.6) is 0 Å². The molecule has 0 fully saturated rings. The van der Waals surface area contributed by atoms with Gasteiger partial charge in [-0.2, -0.15) is 13.9 Å². The number of hydrogen-bond donors (Lipinski definition) is 3. The summed E-state index contributed by atoms with van der Waals surface area (Å²) in [5, 5.41) is 36.2. The van der Waals surface area contributed by atoms with E-state index in [1.54, 1.807) is 0 Å². The molecule has 0 saturated carbocycles. The van der Waals surface area contributed by atoms with Gasteiger partial charge in [0.2, 0.25) is 0 Å². The molecule has 29 heavy (non-hydrogen) atoms. The van der Waals surface area contributed by atoms with Gasteiger partial charge in [0.25, 0.3) is 0 Å². The van der Waals surface area contributed by atoms with E-state index >= 15 is 8.78 Å². The van der Waals surface area contributed by atoms with E-state index in [9.17, 15) is 24.1 Å². The predicted octanol–water partition coefficient (Wildman–Crippen LogP) is 2.63. The number of rotatable bonds is 7. The minimum Gasteiger partial charge on any atom is -0.390 e. The number of halogens is 4. The highest BCUT2D eigenvalue weighted by Gasteiger charge is 2.71. The Morgan fingerprint density at radius 2 is 1.59 bits per heavy atom. The lowest BCUT2D eigenvalue weighted by Gasteiger charge is -2.54. The van der Waals surface area contributed by atoms with Crippen LogP contribution in [-0.2, 0) is 12.1 Å². The first-order valence-corrected chi connectivity index (χ1v) is 8.82. The van der Waals surface area contributed by atoms with Crippen LogP contribution in [0.1, 0.15) is 40.2 Å². The molecule has 1 aromatic carbocycles. The molecule has 1 heterocycles. The lowest BCUT2D eigenvalue weighted by atomic mass is 9.60. The minimum absolute atomic E-state index is 0.355. The van der Waals surface area contributed by atoms with Gasteiger partial charge in [0, 0.05) is 17.0 Å². The van der Waals surface area contributed by atoms with Gasteiger partial charge in [0.1, 0.15) is 29.9 Å². The number of aliphatic hydroxyl groups is 3. The third-order valence-electron chi connectivity index (χ3n) is 6.11. The first-order chi connectivity index (χ1) is 13.0. The maximum atomic E-state index is 15.9. The molecule has 2 aromatic rings. The second kappa shape index (κ2) is 7.03. The highest BCUT2D eigenvalue weighted by Crippen LogP contribution is 2.55. The zero-order valence-corrected chi connectivity index (χ0v) is 16.8. The van der Waals surface area contributed by atoms with Crippen LogP contribution in [0.15, 0.2) is 30.9 Å². The van der Waals surface area contributed by atoms with Crippen LogP contribution in [0.2, 0.25) is 0 Å². The molecule has 0 radical (unpaired) electrons. The third kappa shape index (κ3) is 3.53. The fraction of sp³-hybridized carbons (Fsp3) is 0.579. The summed E-state index contributed by atoms with van der Waals surface area (Å²) < 4.78 is 60.5. The normalized spacial score (nSPS) is 17.7. The van der Waals surface area contributed by atoms with E-state index < -0.39 is 51.9 Å². The van der Waals surface area contributed by atoms with E-state index in [-0.39, 0.29) is 0 Å². The Balaban J connectivity index is 2.76. The lowest BCUT2D eigenvalue weighted by molar-refractivity contribution is -0.326. The van der Waals surface area contributed by atoms with Crippen LogP contribution in [0.4, 0.5) is 17.6 Å². The molecule has 10 heteroatoms. The second-order valence-corrected chi connectivity index (χ2v) is 8.41.